The van der Waals surface area contributed by atoms with Crippen LogP contribution in [-0.2, 0) is 9.53 Å². The molecule has 2 aromatic carbocycles. The van der Waals surface area contributed by atoms with Crippen molar-refractivity contribution in [3.8, 4) is 5.75 Å². The number of amides is 4. The molecule has 0 spiro atoms. The summed E-state index contributed by atoms with van der Waals surface area (Å²) in [6, 6.07) is 12.5. The van der Waals surface area contributed by atoms with Crippen molar-refractivity contribution < 1.29 is 23.9 Å². The van der Waals surface area contributed by atoms with E-state index in [2.05, 4.69) is 16.0 Å². The van der Waals surface area contributed by atoms with Crippen molar-refractivity contribution in [3.05, 3.63) is 65.4 Å². The molecule has 1 aliphatic rings. The first kappa shape index (κ1) is 23.6. The Morgan fingerprint density at radius 2 is 1.85 bits per heavy atom. The highest BCUT2D eigenvalue weighted by Crippen LogP contribution is 2.32. The Morgan fingerprint density at radius 1 is 1.09 bits per heavy atom. The van der Waals surface area contributed by atoms with E-state index in [9.17, 15) is 14.4 Å². The second-order valence-corrected chi connectivity index (χ2v) is 7.43. The maximum Gasteiger partial charge on any atom is 0.337 e. The topological polar surface area (TPSA) is 109 Å². The third-order valence-electron chi connectivity index (χ3n) is 5.28. The van der Waals surface area contributed by atoms with Crippen molar-refractivity contribution in [2.75, 3.05) is 31.4 Å². The molecule has 1 aliphatic heterocycles. The van der Waals surface area contributed by atoms with Crippen LogP contribution >= 0.6 is 0 Å². The molecule has 4 amide bonds. The van der Waals surface area contributed by atoms with Gasteiger partial charge in [0, 0.05) is 17.9 Å². The Kier molecular flexibility index (Phi) is 7.55. The maximum atomic E-state index is 12.7. The number of anilines is 2. The number of rotatable bonds is 7. The van der Waals surface area contributed by atoms with Crippen LogP contribution in [0.1, 0.15) is 31.9 Å². The maximum absolute atomic E-state index is 12.7. The van der Waals surface area contributed by atoms with Crippen molar-refractivity contribution in [1.29, 1.82) is 0 Å². The smallest absolute Gasteiger partial charge is 0.337 e. The molecule has 1 unspecified atom stereocenters. The molecule has 0 saturated heterocycles. The van der Waals surface area contributed by atoms with Crippen LogP contribution in [-0.4, -0.2) is 43.7 Å². The molecule has 33 heavy (non-hydrogen) atoms. The van der Waals surface area contributed by atoms with Crippen LogP contribution in [0.2, 0.25) is 0 Å². The molecule has 1 heterocycles. The van der Waals surface area contributed by atoms with Crippen molar-refractivity contribution in [1.82, 2.24) is 10.2 Å². The number of methoxy groups -OCH3 is 2. The van der Waals surface area contributed by atoms with Gasteiger partial charge in [0.2, 0.25) is 0 Å². The fraction of sp³-hybridized carbons (Fsp3) is 0.292. The highest BCUT2D eigenvalue weighted by atomic mass is 16.5. The van der Waals surface area contributed by atoms with Crippen molar-refractivity contribution >= 4 is 29.4 Å². The fourth-order valence-corrected chi connectivity index (χ4v) is 3.73. The van der Waals surface area contributed by atoms with Gasteiger partial charge in [-0.25, -0.2) is 14.4 Å². The van der Waals surface area contributed by atoms with E-state index < -0.39 is 18.0 Å². The normalized spacial score (nSPS) is 15.6. The second kappa shape index (κ2) is 10.5. The van der Waals surface area contributed by atoms with Gasteiger partial charge in [0.05, 0.1) is 31.5 Å². The van der Waals surface area contributed by atoms with E-state index >= 15 is 0 Å². The average molecular weight is 453 g/mol. The van der Waals surface area contributed by atoms with Gasteiger partial charge < -0.3 is 25.4 Å². The second-order valence-electron chi connectivity index (χ2n) is 7.43. The van der Waals surface area contributed by atoms with Crippen LogP contribution in [0.15, 0.2) is 59.8 Å². The standard InChI is InChI=1S/C24H28N4O5/c1-5-13-28-15(2)20(22(29)33-4)21(27-24(28)31)16-9-8-10-17(14-16)25-23(30)26-18-11-6-7-12-19(18)32-3/h6-12,14,21H,5,13H2,1-4H3,(H,27,31)(H2,25,26,30). The minimum absolute atomic E-state index is 0.292. The van der Waals surface area contributed by atoms with Gasteiger partial charge in [-0.2, -0.15) is 0 Å². The quantitative estimate of drug-likeness (QED) is 0.544. The molecule has 0 aromatic heterocycles. The SMILES string of the molecule is CCCN1C(=O)NC(c2cccc(NC(=O)Nc3ccccc3OC)c2)C(C(=O)OC)=C1C. The summed E-state index contributed by atoms with van der Waals surface area (Å²) in [5.74, 6) is 0.0113. The van der Waals surface area contributed by atoms with Crippen LogP contribution < -0.4 is 20.7 Å². The number of ether oxygens (including phenoxy) is 2. The summed E-state index contributed by atoms with van der Waals surface area (Å²) in [4.78, 5) is 39.4. The third-order valence-corrected chi connectivity index (χ3v) is 5.28. The Morgan fingerprint density at radius 3 is 2.55 bits per heavy atom. The van der Waals surface area contributed by atoms with Crippen LogP contribution in [0.3, 0.4) is 0 Å². The van der Waals surface area contributed by atoms with E-state index in [1.54, 1.807) is 55.5 Å². The summed E-state index contributed by atoms with van der Waals surface area (Å²) in [5, 5.41) is 8.40. The van der Waals surface area contributed by atoms with Crippen LogP contribution in [0.5, 0.6) is 5.75 Å². The van der Waals surface area contributed by atoms with E-state index in [1.165, 1.54) is 19.1 Å². The number of urea groups is 2. The van der Waals surface area contributed by atoms with Gasteiger partial charge in [-0.3, -0.25) is 4.90 Å². The summed E-state index contributed by atoms with van der Waals surface area (Å²) in [6.45, 7) is 4.17. The molecule has 3 rings (SSSR count). The van der Waals surface area contributed by atoms with Crippen LogP contribution in [0.25, 0.3) is 0 Å². The van der Waals surface area contributed by atoms with E-state index in [0.29, 0.717) is 40.5 Å². The molecule has 3 N–H and O–H groups in total. The molecule has 2 aromatic rings. The number of allylic oxidation sites excluding steroid dienone is 1. The van der Waals surface area contributed by atoms with E-state index in [-0.39, 0.29) is 6.03 Å². The van der Waals surface area contributed by atoms with Crippen molar-refractivity contribution in [3.63, 3.8) is 0 Å². The molecule has 174 valence electrons. The molecule has 0 aliphatic carbocycles. The van der Waals surface area contributed by atoms with E-state index in [0.717, 1.165) is 6.42 Å². The summed E-state index contributed by atoms with van der Waals surface area (Å²) in [6.07, 6.45) is 0.741. The minimum atomic E-state index is -0.711. The van der Waals surface area contributed by atoms with Gasteiger partial charge in [-0.15, -0.1) is 0 Å². The first-order valence-electron chi connectivity index (χ1n) is 10.6. The number of carbonyl (C=O) groups excluding carboxylic acids is 3. The van der Waals surface area contributed by atoms with Gasteiger partial charge in [0.1, 0.15) is 5.75 Å². The molecular weight excluding hydrogens is 424 g/mol. The lowest BCUT2D eigenvalue weighted by Crippen LogP contribution is -2.48. The first-order chi connectivity index (χ1) is 15.9. The number of nitrogens with one attached hydrogen (secondary N) is 3. The van der Waals surface area contributed by atoms with Gasteiger partial charge in [-0.1, -0.05) is 31.2 Å². The zero-order chi connectivity index (χ0) is 24.0. The number of esters is 1. The zero-order valence-electron chi connectivity index (χ0n) is 19.1. The number of hydrogen-bond acceptors (Lipinski definition) is 5. The third kappa shape index (κ3) is 5.25. The fourth-order valence-electron chi connectivity index (χ4n) is 3.73. The molecule has 0 radical (unpaired) electrons. The minimum Gasteiger partial charge on any atom is -0.495 e. The summed E-state index contributed by atoms with van der Waals surface area (Å²) in [7, 11) is 2.83. The predicted octanol–water partition coefficient (Wildman–Crippen LogP) is 4.26. The summed E-state index contributed by atoms with van der Waals surface area (Å²) >= 11 is 0. The lowest BCUT2D eigenvalue weighted by molar-refractivity contribution is -0.136. The lowest BCUT2D eigenvalue weighted by atomic mass is 9.94. The first-order valence-corrected chi connectivity index (χ1v) is 10.6. The number of carbonyl (C=O) groups is 3. The predicted molar refractivity (Wildman–Crippen MR) is 125 cm³/mol. The Balaban J connectivity index is 1.86. The Bertz CT molecular complexity index is 1080. The summed E-state index contributed by atoms with van der Waals surface area (Å²) in [5.41, 5.74) is 2.54. The molecule has 0 bridgehead atoms. The average Bonchev–Trinajstić information content (AvgIpc) is 2.81. The van der Waals surface area contributed by atoms with E-state index in [1.807, 2.05) is 6.92 Å². The lowest BCUT2D eigenvalue weighted by Gasteiger charge is -2.35. The van der Waals surface area contributed by atoms with Gasteiger partial charge >= 0.3 is 18.0 Å². The Labute approximate surface area is 192 Å². The number of benzene rings is 2. The highest BCUT2D eigenvalue weighted by molar-refractivity contribution is 6.01. The van der Waals surface area contributed by atoms with Crippen LogP contribution in [0.4, 0.5) is 21.0 Å². The van der Waals surface area contributed by atoms with Crippen molar-refractivity contribution in [2.24, 2.45) is 0 Å². The van der Waals surface area contributed by atoms with Crippen LogP contribution in [0, 0.1) is 0 Å². The van der Waals surface area contributed by atoms with Gasteiger partial charge in [-0.05, 0) is 43.2 Å². The monoisotopic (exact) mass is 452 g/mol. The molecule has 1 atom stereocenters. The zero-order valence-corrected chi connectivity index (χ0v) is 19.1. The van der Waals surface area contributed by atoms with Gasteiger partial charge in [0.25, 0.3) is 0 Å². The number of para-hydroxylation sites is 2. The highest BCUT2D eigenvalue weighted by Gasteiger charge is 2.36. The largest absolute Gasteiger partial charge is 0.495 e. The van der Waals surface area contributed by atoms with E-state index in [4.69, 9.17) is 9.47 Å². The van der Waals surface area contributed by atoms with Gasteiger partial charge in [0.15, 0.2) is 0 Å². The van der Waals surface area contributed by atoms with Crippen molar-refractivity contribution in [2.45, 2.75) is 26.3 Å². The molecule has 0 fully saturated rings. The molecule has 9 heteroatoms. The Hall–Kier alpha value is -4.01. The molecule has 0 saturated carbocycles. The number of nitrogens with zero attached hydrogens (tertiary/aromatic N) is 1. The molecule has 9 nitrogen and oxygen atoms in total. The molecular formula is C24H28N4O5. The number of hydrogen-bond donors (Lipinski definition) is 3. The summed E-state index contributed by atoms with van der Waals surface area (Å²) < 4.78 is 10.2.